The van der Waals surface area contributed by atoms with Crippen LogP contribution in [0, 0.1) is 5.92 Å². The summed E-state index contributed by atoms with van der Waals surface area (Å²) in [5, 5.41) is 19.2. The molecular formula is C12H16O3. The van der Waals surface area contributed by atoms with Crippen molar-refractivity contribution in [3.63, 3.8) is 0 Å². The molecule has 0 bridgehead atoms. The van der Waals surface area contributed by atoms with Crippen molar-refractivity contribution in [1.82, 2.24) is 0 Å². The molecule has 0 aliphatic carbocycles. The Labute approximate surface area is 89.3 Å². The maximum atomic E-state index is 9.94. The highest BCUT2D eigenvalue weighted by Crippen LogP contribution is 2.27. The van der Waals surface area contributed by atoms with Crippen LogP contribution in [0.15, 0.2) is 24.3 Å². The Bertz CT molecular complexity index is 318. The number of hydrogen-bond donors (Lipinski definition) is 2. The lowest BCUT2D eigenvalue weighted by Gasteiger charge is -2.14. The molecule has 3 heteroatoms. The van der Waals surface area contributed by atoms with Gasteiger partial charge in [-0.05, 0) is 36.5 Å². The molecule has 1 aromatic carbocycles. The summed E-state index contributed by atoms with van der Waals surface area (Å²) in [6, 6.07) is 6.80. The molecule has 1 aromatic rings. The Hall–Kier alpha value is -1.06. The third-order valence-corrected chi connectivity index (χ3v) is 2.84. The number of phenols is 1. The van der Waals surface area contributed by atoms with E-state index >= 15 is 0 Å². The average molecular weight is 208 g/mol. The minimum atomic E-state index is -0.496. The van der Waals surface area contributed by atoms with Crippen LogP contribution in [0.3, 0.4) is 0 Å². The summed E-state index contributed by atoms with van der Waals surface area (Å²) in [4.78, 5) is 0. The van der Waals surface area contributed by atoms with Crippen molar-refractivity contribution in [2.24, 2.45) is 5.92 Å². The van der Waals surface area contributed by atoms with E-state index in [2.05, 4.69) is 0 Å². The predicted molar refractivity (Wildman–Crippen MR) is 56.6 cm³/mol. The molecule has 3 nitrogen and oxygen atoms in total. The number of aliphatic hydroxyl groups excluding tert-OH is 1. The largest absolute Gasteiger partial charge is 0.508 e. The third-order valence-electron chi connectivity index (χ3n) is 2.84. The fourth-order valence-electron chi connectivity index (χ4n) is 1.95. The summed E-state index contributed by atoms with van der Waals surface area (Å²) in [6.07, 6.45) is 1.24. The number of phenolic OH excluding ortho intramolecular Hbond substituents is 1. The molecule has 0 radical (unpaired) electrons. The van der Waals surface area contributed by atoms with Crippen LogP contribution in [-0.2, 0) is 4.74 Å². The molecule has 0 amide bonds. The van der Waals surface area contributed by atoms with Crippen molar-refractivity contribution < 1.29 is 14.9 Å². The topological polar surface area (TPSA) is 49.7 Å². The van der Waals surface area contributed by atoms with Crippen LogP contribution in [0.4, 0.5) is 0 Å². The lowest BCUT2D eigenvalue weighted by molar-refractivity contribution is 0.129. The van der Waals surface area contributed by atoms with Crippen molar-refractivity contribution in [3.8, 4) is 5.75 Å². The minimum absolute atomic E-state index is 0.203. The van der Waals surface area contributed by atoms with Gasteiger partial charge in [0.25, 0.3) is 0 Å². The summed E-state index contributed by atoms with van der Waals surface area (Å²) in [7, 11) is 0. The van der Waals surface area contributed by atoms with Crippen LogP contribution in [0.2, 0.25) is 0 Å². The number of aromatic hydroxyl groups is 1. The second-order valence-corrected chi connectivity index (χ2v) is 4.08. The van der Waals surface area contributed by atoms with E-state index in [0.717, 1.165) is 25.2 Å². The second-order valence-electron chi connectivity index (χ2n) is 4.08. The first kappa shape index (κ1) is 10.5. The molecular weight excluding hydrogens is 192 g/mol. The van der Waals surface area contributed by atoms with E-state index in [1.165, 1.54) is 0 Å². The Morgan fingerprint density at radius 1 is 1.47 bits per heavy atom. The number of aliphatic hydroxyl groups is 1. The maximum Gasteiger partial charge on any atom is 0.115 e. The van der Waals surface area contributed by atoms with Crippen molar-refractivity contribution in [2.45, 2.75) is 18.9 Å². The van der Waals surface area contributed by atoms with Crippen LogP contribution in [-0.4, -0.2) is 23.4 Å². The standard InChI is InChI=1S/C12H16O3/c13-11-3-1-2-10(7-11)12(14)6-9-4-5-15-8-9/h1-3,7,9,12-14H,4-6,8H2. The third kappa shape index (κ3) is 2.70. The van der Waals surface area contributed by atoms with E-state index < -0.39 is 6.10 Å². The number of rotatable bonds is 3. The maximum absolute atomic E-state index is 9.94. The van der Waals surface area contributed by atoms with Crippen LogP contribution in [0.5, 0.6) is 5.75 Å². The molecule has 2 rings (SSSR count). The lowest BCUT2D eigenvalue weighted by Crippen LogP contribution is -2.07. The summed E-state index contributed by atoms with van der Waals surface area (Å²) >= 11 is 0. The Morgan fingerprint density at radius 3 is 3.00 bits per heavy atom. The smallest absolute Gasteiger partial charge is 0.115 e. The summed E-state index contributed by atoms with van der Waals surface area (Å²) in [5.74, 6) is 0.650. The van der Waals surface area contributed by atoms with E-state index in [4.69, 9.17) is 4.74 Å². The average Bonchev–Trinajstić information content (AvgIpc) is 2.70. The van der Waals surface area contributed by atoms with Gasteiger partial charge in [0.2, 0.25) is 0 Å². The van der Waals surface area contributed by atoms with Gasteiger partial charge in [-0.25, -0.2) is 0 Å². The van der Waals surface area contributed by atoms with Gasteiger partial charge in [0.15, 0.2) is 0 Å². The molecule has 2 N–H and O–H groups in total. The normalized spacial score (nSPS) is 22.9. The fraction of sp³-hybridized carbons (Fsp3) is 0.500. The minimum Gasteiger partial charge on any atom is -0.508 e. The van der Waals surface area contributed by atoms with E-state index in [9.17, 15) is 10.2 Å². The first-order chi connectivity index (χ1) is 7.25. The molecule has 0 saturated carbocycles. The van der Waals surface area contributed by atoms with Gasteiger partial charge in [-0.3, -0.25) is 0 Å². The van der Waals surface area contributed by atoms with Gasteiger partial charge in [-0.15, -0.1) is 0 Å². The quantitative estimate of drug-likeness (QED) is 0.797. The number of hydrogen-bond acceptors (Lipinski definition) is 3. The van der Waals surface area contributed by atoms with E-state index in [-0.39, 0.29) is 5.75 Å². The van der Waals surface area contributed by atoms with E-state index in [1.54, 1.807) is 18.2 Å². The van der Waals surface area contributed by atoms with Crippen molar-refractivity contribution in [3.05, 3.63) is 29.8 Å². The fourth-order valence-corrected chi connectivity index (χ4v) is 1.95. The highest BCUT2D eigenvalue weighted by Gasteiger charge is 2.20. The molecule has 2 atom stereocenters. The number of benzene rings is 1. The molecule has 1 fully saturated rings. The molecule has 1 heterocycles. The summed E-state index contributed by atoms with van der Waals surface area (Å²) in [5.41, 5.74) is 0.780. The zero-order valence-electron chi connectivity index (χ0n) is 8.60. The molecule has 0 aromatic heterocycles. The monoisotopic (exact) mass is 208 g/mol. The Morgan fingerprint density at radius 2 is 2.33 bits per heavy atom. The zero-order chi connectivity index (χ0) is 10.7. The van der Waals surface area contributed by atoms with Crippen molar-refractivity contribution in [1.29, 1.82) is 0 Å². The molecule has 1 aliphatic rings. The van der Waals surface area contributed by atoms with Crippen LogP contribution in [0.1, 0.15) is 24.5 Å². The van der Waals surface area contributed by atoms with Crippen LogP contribution >= 0.6 is 0 Å². The zero-order valence-corrected chi connectivity index (χ0v) is 8.60. The first-order valence-corrected chi connectivity index (χ1v) is 5.30. The first-order valence-electron chi connectivity index (χ1n) is 5.30. The van der Waals surface area contributed by atoms with Gasteiger partial charge >= 0.3 is 0 Å². The molecule has 0 spiro atoms. The number of ether oxygens (including phenoxy) is 1. The van der Waals surface area contributed by atoms with Gasteiger partial charge in [0, 0.05) is 13.2 Å². The van der Waals surface area contributed by atoms with Gasteiger partial charge < -0.3 is 14.9 Å². The molecule has 15 heavy (non-hydrogen) atoms. The van der Waals surface area contributed by atoms with Gasteiger partial charge in [-0.2, -0.15) is 0 Å². The van der Waals surface area contributed by atoms with Gasteiger partial charge in [0.1, 0.15) is 5.75 Å². The Kier molecular flexibility index (Phi) is 3.23. The second kappa shape index (κ2) is 4.64. The molecule has 1 saturated heterocycles. The molecule has 82 valence electrons. The summed E-state index contributed by atoms with van der Waals surface area (Å²) < 4.78 is 5.26. The van der Waals surface area contributed by atoms with E-state index in [0.29, 0.717) is 12.3 Å². The predicted octanol–water partition coefficient (Wildman–Crippen LogP) is 1.85. The highest BCUT2D eigenvalue weighted by atomic mass is 16.5. The van der Waals surface area contributed by atoms with E-state index in [1.807, 2.05) is 6.07 Å². The molecule has 1 aliphatic heterocycles. The van der Waals surface area contributed by atoms with Gasteiger partial charge in [-0.1, -0.05) is 12.1 Å². The van der Waals surface area contributed by atoms with Crippen molar-refractivity contribution >= 4 is 0 Å². The van der Waals surface area contributed by atoms with Crippen molar-refractivity contribution in [2.75, 3.05) is 13.2 Å². The van der Waals surface area contributed by atoms with Gasteiger partial charge in [0.05, 0.1) is 6.10 Å². The summed E-state index contributed by atoms with van der Waals surface area (Å²) in [6.45, 7) is 1.55. The lowest BCUT2D eigenvalue weighted by atomic mass is 9.96. The Balaban J connectivity index is 1.97. The van der Waals surface area contributed by atoms with Crippen LogP contribution in [0.25, 0.3) is 0 Å². The highest BCUT2D eigenvalue weighted by molar-refractivity contribution is 5.28. The molecule has 2 unspecified atom stereocenters. The van der Waals surface area contributed by atoms with Crippen LogP contribution < -0.4 is 0 Å². The SMILES string of the molecule is Oc1cccc(C(O)CC2CCOC2)c1.